The van der Waals surface area contributed by atoms with E-state index in [0.717, 1.165) is 13.0 Å². The minimum Gasteiger partial charge on any atom is -0.476 e. The molecule has 1 unspecified atom stereocenters. The number of pyridine rings is 1. The summed E-state index contributed by atoms with van der Waals surface area (Å²) in [6.07, 6.45) is 3.95. The van der Waals surface area contributed by atoms with Crippen LogP contribution in [0.1, 0.15) is 18.4 Å². The second-order valence-corrected chi connectivity index (χ2v) is 3.60. The van der Waals surface area contributed by atoms with Gasteiger partial charge in [-0.1, -0.05) is 0 Å². The van der Waals surface area contributed by atoms with Gasteiger partial charge in [-0.05, 0) is 25.5 Å². The fourth-order valence-electron chi connectivity index (χ4n) is 1.64. The van der Waals surface area contributed by atoms with Crippen LogP contribution >= 0.6 is 12.4 Å². The largest absolute Gasteiger partial charge is 0.476 e. The summed E-state index contributed by atoms with van der Waals surface area (Å²) < 4.78 is 5.51. The van der Waals surface area contributed by atoms with Gasteiger partial charge in [-0.15, -0.1) is 12.4 Å². The number of rotatable bonds is 3. The van der Waals surface area contributed by atoms with Crippen LogP contribution in [0.5, 0.6) is 5.88 Å². The Kier molecular flexibility index (Phi) is 5.03. The minimum atomic E-state index is 0. The molecule has 16 heavy (non-hydrogen) atoms. The summed E-state index contributed by atoms with van der Waals surface area (Å²) in [4.78, 5) is 4.05. The van der Waals surface area contributed by atoms with E-state index in [-0.39, 0.29) is 12.4 Å². The molecule has 0 aliphatic carbocycles. The predicted molar refractivity (Wildman–Crippen MR) is 62.7 cm³/mol. The van der Waals surface area contributed by atoms with Crippen LogP contribution in [0.3, 0.4) is 0 Å². The highest BCUT2D eigenvalue weighted by Crippen LogP contribution is 2.11. The first kappa shape index (κ1) is 12.8. The zero-order valence-corrected chi connectivity index (χ0v) is 9.67. The zero-order chi connectivity index (χ0) is 10.5. The summed E-state index contributed by atoms with van der Waals surface area (Å²) in [6, 6.07) is 5.82. The quantitative estimate of drug-likeness (QED) is 0.869. The van der Waals surface area contributed by atoms with Crippen molar-refractivity contribution in [1.82, 2.24) is 10.3 Å². The number of hydrogen-bond donors (Lipinski definition) is 1. The number of ether oxygens (including phenoxy) is 1. The summed E-state index contributed by atoms with van der Waals surface area (Å²) in [7, 11) is 0. The fourth-order valence-corrected chi connectivity index (χ4v) is 1.64. The predicted octanol–water partition coefficient (Wildman–Crippen LogP) is 1.51. The Morgan fingerprint density at radius 3 is 3.19 bits per heavy atom. The van der Waals surface area contributed by atoms with Gasteiger partial charge in [0.15, 0.2) is 0 Å². The van der Waals surface area contributed by atoms with E-state index in [0.29, 0.717) is 24.1 Å². The van der Waals surface area contributed by atoms with Crippen molar-refractivity contribution in [2.75, 3.05) is 13.2 Å². The van der Waals surface area contributed by atoms with Crippen molar-refractivity contribution in [2.24, 2.45) is 0 Å². The van der Waals surface area contributed by atoms with Crippen molar-refractivity contribution in [3.63, 3.8) is 0 Å². The highest BCUT2D eigenvalue weighted by Gasteiger charge is 2.14. The van der Waals surface area contributed by atoms with Crippen LogP contribution in [0.4, 0.5) is 0 Å². The van der Waals surface area contributed by atoms with E-state index in [4.69, 9.17) is 10.00 Å². The molecular formula is C11H14ClN3O. The number of aromatic nitrogens is 1. The van der Waals surface area contributed by atoms with E-state index < -0.39 is 0 Å². The minimum absolute atomic E-state index is 0. The molecule has 0 radical (unpaired) electrons. The molecule has 1 aliphatic rings. The average molecular weight is 240 g/mol. The Labute approximate surface area is 101 Å². The standard InChI is InChI=1S/C11H13N3O.ClH/c12-7-9-3-5-14-11(6-9)15-8-10-2-1-4-13-10;/h3,5-6,10,13H,1-2,4,8H2;1H. The summed E-state index contributed by atoms with van der Waals surface area (Å²) >= 11 is 0. The molecule has 2 rings (SSSR count). The molecule has 0 spiro atoms. The van der Waals surface area contributed by atoms with Gasteiger partial charge in [-0.3, -0.25) is 0 Å². The Bertz CT molecular complexity index is 372. The number of nitriles is 1. The molecule has 4 nitrogen and oxygen atoms in total. The second-order valence-electron chi connectivity index (χ2n) is 3.60. The van der Waals surface area contributed by atoms with Gasteiger partial charge >= 0.3 is 0 Å². The first-order valence-corrected chi connectivity index (χ1v) is 5.11. The van der Waals surface area contributed by atoms with Gasteiger partial charge < -0.3 is 10.1 Å². The molecule has 1 aromatic rings. The summed E-state index contributed by atoms with van der Waals surface area (Å²) in [6.45, 7) is 1.70. The lowest BCUT2D eigenvalue weighted by atomic mass is 10.2. The van der Waals surface area contributed by atoms with Crippen molar-refractivity contribution < 1.29 is 4.74 Å². The monoisotopic (exact) mass is 239 g/mol. The third-order valence-corrected chi connectivity index (χ3v) is 2.46. The lowest BCUT2D eigenvalue weighted by Crippen LogP contribution is -2.28. The zero-order valence-electron chi connectivity index (χ0n) is 8.85. The van der Waals surface area contributed by atoms with Crippen LogP contribution in [0.2, 0.25) is 0 Å². The molecule has 1 N–H and O–H groups in total. The van der Waals surface area contributed by atoms with Crippen molar-refractivity contribution in [1.29, 1.82) is 5.26 Å². The molecule has 1 aromatic heterocycles. The highest BCUT2D eigenvalue weighted by molar-refractivity contribution is 5.85. The molecule has 0 aromatic carbocycles. The lowest BCUT2D eigenvalue weighted by Gasteiger charge is -2.10. The molecular weight excluding hydrogens is 226 g/mol. The maximum Gasteiger partial charge on any atom is 0.214 e. The first-order valence-electron chi connectivity index (χ1n) is 5.11. The van der Waals surface area contributed by atoms with E-state index >= 15 is 0 Å². The van der Waals surface area contributed by atoms with Gasteiger partial charge in [0.2, 0.25) is 5.88 Å². The second kappa shape index (κ2) is 6.31. The first-order chi connectivity index (χ1) is 7.38. The summed E-state index contributed by atoms with van der Waals surface area (Å²) in [5.74, 6) is 0.530. The Morgan fingerprint density at radius 2 is 2.50 bits per heavy atom. The van der Waals surface area contributed by atoms with E-state index in [1.165, 1.54) is 6.42 Å². The van der Waals surface area contributed by atoms with Gasteiger partial charge in [-0.25, -0.2) is 4.98 Å². The average Bonchev–Trinajstić information content (AvgIpc) is 2.79. The van der Waals surface area contributed by atoms with Crippen LogP contribution in [-0.2, 0) is 0 Å². The van der Waals surface area contributed by atoms with Crippen molar-refractivity contribution in [2.45, 2.75) is 18.9 Å². The van der Waals surface area contributed by atoms with Crippen LogP contribution in [0, 0.1) is 11.3 Å². The van der Waals surface area contributed by atoms with Crippen LogP contribution in [0.25, 0.3) is 0 Å². The number of nitrogens with one attached hydrogen (secondary N) is 1. The molecule has 1 fully saturated rings. The van der Waals surface area contributed by atoms with Gasteiger partial charge in [-0.2, -0.15) is 5.26 Å². The van der Waals surface area contributed by atoms with Gasteiger partial charge in [0.05, 0.1) is 11.6 Å². The molecule has 1 atom stereocenters. The van der Waals surface area contributed by atoms with Gasteiger partial charge in [0, 0.05) is 18.3 Å². The van der Waals surface area contributed by atoms with Crippen LogP contribution in [-0.4, -0.2) is 24.2 Å². The topological polar surface area (TPSA) is 57.9 Å². The van der Waals surface area contributed by atoms with E-state index in [2.05, 4.69) is 16.4 Å². The van der Waals surface area contributed by atoms with Crippen LogP contribution < -0.4 is 10.1 Å². The molecule has 86 valence electrons. The molecule has 0 saturated carbocycles. The molecule has 0 amide bonds. The SMILES string of the molecule is Cl.N#Cc1ccnc(OCC2CCCN2)c1. The molecule has 0 bridgehead atoms. The molecule has 5 heteroatoms. The number of hydrogen-bond acceptors (Lipinski definition) is 4. The van der Waals surface area contributed by atoms with Crippen molar-refractivity contribution in [3.05, 3.63) is 23.9 Å². The van der Waals surface area contributed by atoms with E-state index in [1.54, 1.807) is 18.3 Å². The maximum atomic E-state index is 8.70. The Morgan fingerprint density at radius 1 is 1.62 bits per heavy atom. The molecule has 1 saturated heterocycles. The van der Waals surface area contributed by atoms with Crippen molar-refractivity contribution in [3.8, 4) is 11.9 Å². The van der Waals surface area contributed by atoms with Gasteiger partial charge in [0.1, 0.15) is 6.61 Å². The Balaban J connectivity index is 0.00000128. The highest BCUT2D eigenvalue weighted by atomic mass is 35.5. The number of halogens is 1. The Hall–Kier alpha value is -1.31. The normalized spacial score (nSPS) is 18.6. The fraction of sp³-hybridized carbons (Fsp3) is 0.455. The molecule has 1 aliphatic heterocycles. The third-order valence-electron chi connectivity index (χ3n) is 2.46. The van der Waals surface area contributed by atoms with Crippen LogP contribution in [0.15, 0.2) is 18.3 Å². The smallest absolute Gasteiger partial charge is 0.214 e. The lowest BCUT2D eigenvalue weighted by molar-refractivity contribution is 0.267. The molecule has 2 heterocycles. The summed E-state index contributed by atoms with van der Waals surface area (Å²) in [5, 5.41) is 12.0. The van der Waals surface area contributed by atoms with E-state index in [9.17, 15) is 0 Å². The van der Waals surface area contributed by atoms with Gasteiger partial charge in [0.25, 0.3) is 0 Å². The third kappa shape index (κ3) is 3.37. The number of nitrogens with zero attached hydrogens (tertiary/aromatic N) is 2. The summed E-state index contributed by atoms with van der Waals surface area (Å²) in [5.41, 5.74) is 0.583. The van der Waals surface area contributed by atoms with Crippen molar-refractivity contribution >= 4 is 12.4 Å². The van der Waals surface area contributed by atoms with E-state index in [1.807, 2.05) is 0 Å². The maximum absolute atomic E-state index is 8.70.